The predicted molar refractivity (Wildman–Crippen MR) is 98.4 cm³/mol. The highest BCUT2D eigenvalue weighted by Gasteiger charge is 2.06. The molecule has 0 saturated carbocycles. The van der Waals surface area contributed by atoms with E-state index in [1.807, 2.05) is 31.1 Å². The minimum absolute atomic E-state index is 0.132. The summed E-state index contributed by atoms with van der Waals surface area (Å²) >= 11 is 0. The van der Waals surface area contributed by atoms with Crippen LogP contribution >= 0.6 is 0 Å². The van der Waals surface area contributed by atoms with Crippen LogP contribution in [-0.4, -0.2) is 49.5 Å². The Kier molecular flexibility index (Phi) is 7.23. The van der Waals surface area contributed by atoms with Gasteiger partial charge in [-0.15, -0.1) is 0 Å². The van der Waals surface area contributed by atoms with E-state index < -0.39 is 0 Å². The summed E-state index contributed by atoms with van der Waals surface area (Å²) < 4.78 is 0. The van der Waals surface area contributed by atoms with Gasteiger partial charge in [0.25, 0.3) is 5.91 Å². The summed E-state index contributed by atoms with van der Waals surface area (Å²) in [7, 11) is 3.95. The summed E-state index contributed by atoms with van der Waals surface area (Å²) in [5, 5.41) is 6.19. The van der Waals surface area contributed by atoms with E-state index in [1.54, 1.807) is 12.3 Å². The first-order valence-electron chi connectivity index (χ1n) is 8.32. The Morgan fingerprint density at radius 1 is 1.08 bits per heavy atom. The number of aromatic nitrogens is 1. The van der Waals surface area contributed by atoms with Gasteiger partial charge in [0.2, 0.25) is 0 Å². The molecule has 0 radical (unpaired) electrons. The summed E-state index contributed by atoms with van der Waals surface area (Å²) in [6, 6.07) is 14.1. The maximum absolute atomic E-state index is 11.9. The maximum atomic E-state index is 11.9. The van der Waals surface area contributed by atoms with Crippen molar-refractivity contribution >= 4 is 11.6 Å². The van der Waals surface area contributed by atoms with Gasteiger partial charge in [-0.25, -0.2) is 4.98 Å². The summed E-state index contributed by atoms with van der Waals surface area (Å²) in [6.45, 7) is 2.31. The Morgan fingerprint density at radius 3 is 2.54 bits per heavy atom. The van der Waals surface area contributed by atoms with Crippen LogP contribution in [0.3, 0.4) is 0 Å². The topological polar surface area (TPSA) is 57.3 Å². The highest BCUT2D eigenvalue weighted by atomic mass is 16.1. The summed E-state index contributed by atoms with van der Waals surface area (Å²) in [4.78, 5) is 18.2. The quantitative estimate of drug-likeness (QED) is 0.695. The van der Waals surface area contributed by atoms with Gasteiger partial charge in [-0.05, 0) is 44.6 Å². The molecule has 5 nitrogen and oxygen atoms in total. The van der Waals surface area contributed by atoms with Gasteiger partial charge in [-0.1, -0.05) is 30.3 Å². The number of carbonyl (C=O) groups excluding carboxylic acids is 1. The number of aryl methyl sites for hydroxylation is 1. The molecule has 1 amide bonds. The molecule has 5 heteroatoms. The first-order chi connectivity index (χ1) is 11.6. The largest absolute Gasteiger partial charge is 0.384 e. The first kappa shape index (κ1) is 17.9. The standard InChI is InChI=1S/C19H26N4O/c1-23(2)14-13-21-19(24)18-11-10-17(15-22-18)20-12-6-9-16-7-4-3-5-8-16/h3-5,7-8,10-11,15,20H,6,9,12-14H2,1-2H3,(H,21,24). The number of nitrogens with one attached hydrogen (secondary N) is 2. The van der Waals surface area contributed by atoms with Crippen molar-refractivity contribution in [1.82, 2.24) is 15.2 Å². The molecule has 1 aromatic carbocycles. The lowest BCUT2D eigenvalue weighted by Crippen LogP contribution is -2.31. The Bertz CT molecular complexity index is 611. The number of pyridine rings is 1. The fourth-order valence-corrected chi connectivity index (χ4v) is 2.29. The normalized spacial score (nSPS) is 10.6. The van der Waals surface area contributed by atoms with Crippen molar-refractivity contribution in [3.05, 3.63) is 59.9 Å². The molecular weight excluding hydrogens is 300 g/mol. The molecule has 2 rings (SSSR count). The van der Waals surface area contributed by atoms with Crippen LogP contribution in [0.25, 0.3) is 0 Å². The van der Waals surface area contributed by atoms with Crippen LogP contribution in [0.5, 0.6) is 0 Å². The van der Waals surface area contributed by atoms with Crippen LogP contribution in [-0.2, 0) is 6.42 Å². The van der Waals surface area contributed by atoms with E-state index in [4.69, 9.17) is 0 Å². The molecule has 24 heavy (non-hydrogen) atoms. The number of carbonyl (C=O) groups is 1. The number of hydrogen-bond donors (Lipinski definition) is 2. The second-order valence-corrected chi connectivity index (χ2v) is 6.01. The third-order valence-corrected chi connectivity index (χ3v) is 3.65. The van der Waals surface area contributed by atoms with Gasteiger partial charge in [-0.2, -0.15) is 0 Å². The predicted octanol–water partition coefficient (Wildman–Crippen LogP) is 2.42. The van der Waals surface area contributed by atoms with Crippen LogP contribution < -0.4 is 10.6 Å². The van der Waals surface area contributed by atoms with Gasteiger partial charge < -0.3 is 15.5 Å². The Hall–Kier alpha value is -2.40. The van der Waals surface area contributed by atoms with E-state index >= 15 is 0 Å². The number of anilines is 1. The molecule has 1 heterocycles. The van der Waals surface area contributed by atoms with E-state index in [0.717, 1.165) is 31.6 Å². The number of hydrogen-bond acceptors (Lipinski definition) is 4. The molecule has 0 atom stereocenters. The summed E-state index contributed by atoms with van der Waals surface area (Å²) in [5.74, 6) is -0.132. The number of rotatable bonds is 9. The lowest BCUT2D eigenvalue weighted by Gasteiger charge is -2.10. The monoisotopic (exact) mass is 326 g/mol. The fraction of sp³-hybridized carbons (Fsp3) is 0.368. The van der Waals surface area contributed by atoms with E-state index in [0.29, 0.717) is 12.2 Å². The van der Waals surface area contributed by atoms with Crippen LogP contribution in [0.1, 0.15) is 22.5 Å². The van der Waals surface area contributed by atoms with Gasteiger partial charge in [-0.3, -0.25) is 4.79 Å². The molecule has 1 aromatic heterocycles. The highest BCUT2D eigenvalue weighted by Crippen LogP contribution is 2.07. The molecule has 0 saturated heterocycles. The van der Waals surface area contributed by atoms with Crippen molar-refractivity contribution in [3.63, 3.8) is 0 Å². The van der Waals surface area contributed by atoms with Crippen molar-refractivity contribution in [2.24, 2.45) is 0 Å². The van der Waals surface area contributed by atoms with Crippen molar-refractivity contribution in [2.45, 2.75) is 12.8 Å². The molecule has 0 fully saturated rings. The Balaban J connectivity index is 1.70. The smallest absolute Gasteiger partial charge is 0.269 e. The molecule has 2 aromatic rings. The Labute approximate surface area is 144 Å². The van der Waals surface area contributed by atoms with E-state index in [9.17, 15) is 4.79 Å². The molecule has 2 N–H and O–H groups in total. The Morgan fingerprint density at radius 2 is 1.88 bits per heavy atom. The minimum Gasteiger partial charge on any atom is -0.384 e. The van der Waals surface area contributed by atoms with Crippen LogP contribution in [0.2, 0.25) is 0 Å². The fourth-order valence-electron chi connectivity index (χ4n) is 2.29. The SMILES string of the molecule is CN(C)CCNC(=O)c1ccc(NCCCc2ccccc2)cn1. The van der Waals surface area contributed by atoms with Crippen molar-refractivity contribution in [3.8, 4) is 0 Å². The van der Waals surface area contributed by atoms with Gasteiger partial charge in [0.1, 0.15) is 5.69 Å². The highest BCUT2D eigenvalue weighted by molar-refractivity contribution is 5.92. The zero-order valence-electron chi connectivity index (χ0n) is 14.5. The second kappa shape index (κ2) is 9.67. The van der Waals surface area contributed by atoms with Crippen molar-refractivity contribution < 1.29 is 4.79 Å². The average molecular weight is 326 g/mol. The van der Waals surface area contributed by atoms with Gasteiger partial charge in [0.15, 0.2) is 0 Å². The lowest BCUT2D eigenvalue weighted by molar-refractivity contribution is 0.0946. The number of benzene rings is 1. The van der Waals surface area contributed by atoms with E-state index in [2.05, 4.69) is 39.9 Å². The van der Waals surface area contributed by atoms with Gasteiger partial charge in [0, 0.05) is 19.6 Å². The third-order valence-electron chi connectivity index (χ3n) is 3.65. The van der Waals surface area contributed by atoms with Gasteiger partial charge >= 0.3 is 0 Å². The zero-order valence-corrected chi connectivity index (χ0v) is 14.5. The van der Waals surface area contributed by atoms with Crippen LogP contribution in [0.4, 0.5) is 5.69 Å². The molecule has 0 unspecified atom stereocenters. The van der Waals surface area contributed by atoms with Crippen molar-refractivity contribution in [2.75, 3.05) is 39.0 Å². The van der Waals surface area contributed by atoms with Crippen LogP contribution in [0, 0.1) is 0 Å². The number of likely N-dealkylation sites (N-methyl/N-ethyl adjacent to an activating group) is 1. The molecular formula is C19H26N4O. The maximum Gasteiger partial charge on any atom is 0.269 e. The van der Waals surface area contributed by atoms with Gasteiger partial charge in [0.05, 0.1) is 11.9 Å². The third kappa shape index (κ3) is 6.38. The summed E-state index contributed by atoms with van der Waals surface area (Å²) in [6.07, 6.45) is 3.81. The van der Waals surface area contributed by atoms with Crippen molar-refractivity contribution in [1.29, 1.82) is 0 Å². The van der Waals surface area contributed by atoms with Crippen LogP contribution in [0.15, 0.2) is 48.7 Å². The molecule has 0 spiro atoms. The molecule has 128 valence electrons. The van der Waals surface area contributed by atoms with E-state index in [-0.39, 0.29) is 5.91 Å². The average Bonchev–Trinajstić information content (AvgIpc) is 2.60. The molecule has 0 aliphatic heterocycles. The molecule has 0 bridgehead atoms. The van der Waals surface area contributed by atoms with E-state index in [1.165, 1.54) is 5.56 Å². The summed E-state index contributed by atoms with van der Waals surface area (Å²) in [5.41, 5.74) is 2.73. The first-order valence-corrected chi connectivity index (χ1v) is 8.32. The lowest BCUT2D eigenvalue weighted by atomic mass is 10.1. The number of nitrogens with zero attached hydrogens (tertiary/aromatic N) is 2. The second-order valence-electron chi connectivity index (χ2n) is 6.01. The molecule has 0 aliphatic carbocycles. The minimum atomic E-state index is -0.132. The zero-order chi connectivity index (χ0) is 17.2. The molecule has 0 aliphatic rings. The number of amides is 1.